The second kappa shape index (κ2) is 13.7. The average molecular weight is 479 g/mol. The van der Waals surface area contributed by atoms with Crippen LogP contribution in [0, 0.1) is 13.8 Å². The van der Waals surface area contributed by atoms with Gasteiger partial charge in [0.25, 0.3) is 0 Å². The zero-order valence-electron chi connectivity index (χ0n) is 15.3. The summed E-state index contributed by atoms with van der Waals surface area (Å²) in [6.07, 6.45) is 8.52. The van der Waals surface area contributed by atoms with Crippen LogP contribution in [0.5, 0.6) is 0 Å². The summed E-state index contributed by atoms with van der Waals surface area (Å²) in [5, 5.41) is 0. The van der Waals surface area contributed by atoms with Crippen LogP contribution in [0.4, 0.5) is 0 Å². The number of hydrogen-bond acceptors (Lipinski definition) is 0. The molecule has 2 aliphatic rings. The number of rotatable bonds is 0. The summed E-state index contributed by atoms with van der Waals surface area (Å²) in [6.45, 7) is 12.3. The maximum absolute atomic E-state index is 4.93. The Kier molecular flexibility index (Phi) is 12.5. The molecule has 0 bridgehead atoms. The van der Waals surface area contributed by atoms with E-state index in [1.807, 2.05) is 0 Å². The number of hydrogen-bond donors (Lipinski definition) is 0. The summed E-state index contributed by atoms with van der Waals surface area (Å²) in [5.74, 6) is 0.743. The van der Waals surface area contributed by atoms with Gasteiger partial charge in [0.1, 0.15) is 0 Å². The molecule has 0 saturated heterocycles. The van der Waals surface area contributed by atoms with Gasteiger partial charge in [-0.25, -0.2) is 0 Å². The molecule has 26 heavy (non-hydrogen) atoms. The van der Waals surface area contributed by atoms with Gasteiger partial charge in [-0.05, 0) is 11.1 Å². The Bertz CT molecular complexity index is 651. The van der Waals surface area contributed by atoms with Gasteiger partial charge in [0, 0.05) is 9.52 Å². The zero-order chi connectivity index (χ0) is 19.4. The van der Waals surface area contributed by atoms with Gasteiger partial charge in [-0.1, -0.05) is 84.9 Å². The summed E-state index contributed by atoms with van der Waals surface area (Å²) in [5.41, 5.74) is 5.34. The predicted molar refractivity (Wildman–Crippen MR) is 116 cm³/mol. The van der Waals surface area contributed by atoms with Crippen molar-refractivity contribution in [2.75, 3.05) is 0 Å². The Morgan fingerprint density at radius 2 is 1.08 bits per heavy atom. The van der Waals surface area contributed by atoms with E-state index >= 15 is 0 Å². The molecule has 2 aromatic carbocycles. The molecule has 0 aromatic heterocycles. The summed E-state index contributed by atoms with van der Waals surface area (Å²) < 4.78 is 0. The van der Waals surface area contributed by atoms with Crippen molar-refractivity contribution in [1.29, 1.82) is 0 Å². The van der Waals surface area contributed by atoms with Crippen LogP contribution in [0.1, 0.15) is 34.1 Å². The molecule has 0 spiro atoms. The van der Waals surface area contributed by atoms with Gasteiger partial charge >= 0.3 is 37.9 Å². The fourth-order valence-corrected chi connectivity index (χ4v) is 2.65. The van der Waals surface area contributed by atoms with Crippen LogP contribution < -0.4 is 0 Å². The van der Waals surface area contributed by atoms with E-state index in [4.69, 9.17) is 17.0 Å². The first-order chi connectivity index (χ1) is 12.6. The molecule has 4 heteroatoms. The zero-order valence-corrected chi connectivity index (χ0v) is 20.2. The third-order valence-corrected chi connectivity index (χ3v) is 3.81. The average Bonchev–Trinajstić information content (AvgIpc) is 3.21. The third kappa shape index (κ3) is 7.69. The maximum atomic E-state index is 4.93. The number of benzene rings is 2. The standard InChI is InChI=1S/2C10H9.C2H6Si.2ClH.Zr/c2*1-8-6-7-9-4-2-3-5-10(8)9;1-3-2;;;/h2*2-8H,1H2;1-2H3;2*1H;/q2*-1;;;;+4/p-2. The molecule has 134 valence electrons. The van der Waals surface area contributed by atoms with E-state index in [0.29, 0.717) is 11.8 Å². The molecule has 2 unspecified atom stereocenters. The topological polar surface area (TPSA) is 0 Å². The second-order valence-corrected chi connectivity index (χ2v) is 10.5. The molecule has 2 radical (unpaired) electrons. The van der Waals surface area contributed by atoms with Gasteiger partial charge in [-0.2, -0.15) is 0 Å². The molecule has 0 saturated carbocycles. The minimum absolute atomic E-state index is 0.371. The molecule has 2 atom stereocenters. The number of halogens is 2. The Morgan fingerprint density at radius 1 is 0.769 bits per heavy atom. The summed E-state index contributed by atoms with van der Waals surface area (Å²) in [6, 6.07) is 16.7. The summed E-state index contributed by atoms with van der Waals surface area (Å²) >= 11 is -0.826. The van der Waals surface area contributed by atoms with E-state index < -0.39 is 20.8 Å². The Labute approximate surface area is 180 Å². The Morgan fingerprint density at radius 3 is 1.38 bits per heavy atom. The fraction of sp³-hybridized carbons (Fsp3) is 0.182. The molecule has 2 aromatic rings. The van der Waals surface area contributed by atoms with E-state index in [1.165, 1.54) is 22.3 Å². The molecule has 0 aliphatic heterocycles. The number of fused-ring (bicyclic) bond motifs is 2. The minimum atomic E-state index is -0.826. The van der Waals surface area contributed by atoms with Crippen molar-refractivity contribution in [2.24, 2.45) is 0 Å². The van der Waals surface area contributed by atoms with Gasteiger partial charge in [0.05, 0.1) is 0 Å². The van der Waals surface area contributed by atoms with E-state index in [1.54, 1.807) is 0 Å². The quantitative estimate of drug-likeness (QED) is 0.273. The Hall–Kier alpha value is -0.400. The van der Waals surface area contributed by atoms with Crippen LogP contribution in [0.2, 0.25) is 13.1 Å². The van der Waals surface area contributed by atoms with Crippen molar-refractivity contribution in [2.45, 2.75) is 24.9 Å². The number of allylic oxidation sites excluding steroid dienone is 2. The normalized spacial score (nSPS) is 17.3. The van der Waals surface area contributed by atoms with E-state index in [2.05, 4.69) is 99.8 Å². The molecule has 2 aliphatic carbocycles. The van der Waals surface area contributed by atoms with Crippen LogP contribution >= 0.6 is 17.0 Å². The van der Waals surface area contributed by atoms with Crippen LogP contribution in [0.3, 0.4) is 0 Å². The van der Waals surface area contributed by atoms with Crippen molar-refractivity contribution in [3.05, 3.63) is 96.8 Å². The van der Waals surface area contributed by atoms with E-state index in [0.717, 1.165) is 9.52 Å². The van der Waals surface area contributed by atoms with Crippen LogP contribution in [-0.4, -0.2) is 9.52 Å². The molecule has 0 heterocycles. The van der Waals surface area contributed by atoms with E-state index in [-0.39, 0.29) is 0 Å². The van der Waals surface area contributed by atoms with Gasteiger partial charge in [0.2, 0.25) is 0 Å². The molecular formula is C22H24Cl2SiZr. The van der Waals surface area contributed by atoms with Gasteiger partial charge in [-0.15, -0.1) is 24.0 Å². The molecule has 0 amide bonds. The van der Waals surface area contributed by atoms with Crippen molar-refractivity contribution >= 4 is 38.7 Å². The molecule has 0 N–H and O–H groups in total. The van der Waals surface area contributed by atoms with Gasteiger partial charge < -0.3 is 13.8 Å². The van der Waals surface area contributed by atoms with Crippen LogP contribution in [-0.2, 0) is 20.8 Å². The van der Waals surface area contributed by atoms with Gasteiger partial charge in [-0.3, -0.25) is 0 Å². The first-order valence-electron chi connectivity index (χ1n) is 8.34. The Balaban J connectivity index is 0.000000201. The summed E-state index contributed by atoms with van der Waals surface area (Å²) in [4.78, 5) is 0. The predicted octanol–water partition coefficient (Wildman–Crippen LogP) is 7.43. The third-order valence-electron chi connectivity index (χ3n) is 3.81. The molecular weight excluding hydrogens is 454 g/mol. The first-order valence-corrected chi connectivity index (χ1v) is 16.7. The summed E-state index contributed by atoms with van der Waals surface area (Å²) in [7, 11) is 11.0. The van der Waals surface area contributed by atoms with E-state index in [9.17, 15) is 0 Å². The van der Waals surface area contributed by atoms with Gasteiger partial charge in [0.15, 0.2) is 0 Å². The van der Waals surface area contributed by atoms with Crippen LogP contribution in [0.25, 0.3) is 12.2 Å². The molecule has 0 fully saturated rings. The molecule has 4 rings (SSSR count). The molecule has 0 nitrogen and oxygen atoms in total. The van der Waals surface area contributed by atoms with Crippen molar-refractivity contribution in [3.8, 4) is 0 Å². The fourth-order valence-electron chi connectivity index (χ4n) is 2.65. The van der Waals surface area contributed by atoms with Crippen molar-refractivity contribution in [1.82, 2.24) is 0 Å². The van der Waals surface area contributed by atoms with Crippen molar-refractivity contribution < 1.29 is 20.8 Å². The SMILES string of the molecule is C[Si]C.[CH2-]C1C=Cc2ccccc21.[CH2-]C1C=Cc2ccccc21.[Cl][Zr+2][Cl]. The second-order valence-electron chi connectivity index (χ2n) is 5.76. The van der Waals surface area contributed by atoms with Crippen LogP contribution in [0.15, 0.2) is 60.7 Å². The first kappa shape index (κ1) is 23.6. The monoisotopic (exact) mass is 476 g/mol. The van der Waals surface area contributed by atoms with Crippen molar-refractivity contribution in [3.63, 3.8) is 0 Å².